The first kappa shape index (κ1) is 18.8. The summed E-state index contributed by atoms with van der Waals surface area (Å²) in [5.74, 6) is 0.830. The van der Waals surface area contributed by atoms with Crippen molar-refractivity contribution in [2.45, 2.75) is 26.4 Å². The number of sulfonamides is 1. The second kappa shape index (κ2) is 8.51. The topological polar surface area (TPSA) is 55.4 Å². The Morgan fingerprint density at radius 3 is 2.46 bits per heavy atom. The predicted octanol–water partition coefficient (Wildman–Crippen LogP) is 4.10. The summed E-state index contributed by atoms with van der Waals surface area (Å²) in [7, 11) is -3.21. The van der Waals surface area contributed by atoms with Gasteiger partial charge in [-0.2, -0.15) is 0 Å². The highest BCUT2D eigenvalue weighted by Crippen LogP contribution is 2.25. The molecule has 1 unspecified atom stereocenters. The minimum absolute atomic E-state index is 0.133. The molecule has 2 aromatic carbocycles. The van der Waals surface area contributed by atoms with Crippen molar-refractivity contribution in [3.63, 3.8) is 0 Å². The molecule has 0 amide bonds. The molecule has 0 fully saturated rings. The van der Waals surface area contributed by atoms with Crippen LogP contribution in [0.5, 0.6) is 5.75 Å². The zero-order chi connectivity index (χ0) is 17.6. The fourth-order valence-electron chi connectivity index (χ4n) is 2.25. The van der Waals surface area contributed by atoms with Gasteiger partial charge in [0.15, 0.2) is 0 Å². The number of benzene rings is 2. The molecule has 0 bridgehead atoms. The van der Waals surface area contributed by atoms with Gasteiger partial charge in [-0.3, -0.25) is 0 Å². The number of ether oxygens (including phenoxy) is 1. The fraction of sp³-hybridized carbons (Fsp3) is 0.333. The second-order valence-electron chi connectivity index (χ2n) is 5.63. The standard InChI is InChI=1S/C18H22ClNO3S/c1-3-11-24(21,22)20-13-14(2)23-18-9-7-15(8-10-18)16-5-4-6-17(19)12-16/h4-10,12,14,20H,3,11,13H2,1-2H3. The molecular formula is C18H22ClNO3S. The molecule has 1 atom stereocenters. The molecular weight excluding hydrogens is 346 g/mol. The van der Waals surface area contributed by atoms with E-state index in [-0.39, 0.29) is 18.4 Å². The third kappa shape index (κ3) is 5.82. The highest BCUT2D eigenvalue weighted by Gasteiger charge is 2.11. The van der Waals surface area contributed by atoms with E-state index in [1.54, 1.807) is 0 Å². The number of hydrogen-bond donors (Lipinski definition) is 1. The van der Waals surface area contributed by atoms with Crippen LogP contribution < -0.4 is 9.46 Å². The van der Waals surface area contributed by atoms with Crippen molar-refractivity contribution in [3.05, 3.63) is 53.6 Å². The van der Waals surface area contributed by atoms with Gasteiger partial charge in [-0.15, -0.1) is 0 Å². The summed E-state index contributed by atoms with van der Waals surface area (Å²) in [5, 5.41) is 0.695. The van der Waals surface area contributed by atoms with Crippen molar-refractivity contribution in [3.8, 4) is 16.9 Å². The lowest BCUT2D eigenvalue weighted by atomic mass is 10.1. The molecule has 4 nitrogen and oxygen atoms in total. The number of rotatable bonds is 8. The van der Waals surface area contributed by atoms with Crippen LogP contribution in [-0.4, -0.2) is 26.8 Å². The van der Waals surface area contributed by atoms with E-state index in [4.69, 9.17) is 16.3 Å². The van der Waals surface area contributed by atoms with Gasteiger partial charge in [-0.25, -0.2) is 13.1 Å². The maximum Gasteiger partial charge on any atom is 0.211 e. The van der Waals surface area contributed by atoms with E-state index in [0.29, 0.717) is 17.2 Å². The Morgan fingerprint density at radius 1 is 1.12 bits per heavy atom. The van der Waals surface area contributed by atoms with Gasteiger partial charge in [0, 0.05) is 11.6 Å². The van der Waals surface area contributed by atoms with E-state index >= 15 is 0 Å². The van der Waals surface area contributed by atoms with Crippen molar-refractivity contribution in [2.24, 2.45) is 0 Å². The number of halogens is 1. The zero-order valence-corrected chi connectivity index (χ0v) is 15.4. The minimum atomic E-state index is -3.21. The molecule has 0 aliphatic rings. The Hall–Kier alpha value is -1.56. The highest BCUT2D eigenvalue weighted by atomic mass is 35.5. The van der Waals surface area contributed by atoms with Gasteiger partial charge in [0.05, 0.1) is 5.75 Å². The summed E-state index contributed by atoms with van der Waals surface area (Å²) >= 11 is 6.01. The zero-order valence-electron chi connectivity index (χ0n) is 13.8. The lowest BCUT2D eigenvalue weighted by molar-refractivity contribution is 0.225. The van der Waals surface area contributed by atoms with Crippen LogP contribution in [0.25, 0.3) is 11.1 Å². The van der Waals surface area contributed by atoms with E-state index in [0.717, 1.165) is 11.1 Å². The van der Waals surface area contributed by atoms with Crippen molar-refractivity contribution in [1.82, 2.24) is 4.72 Å². The monoisotopic (exact) mass is 367 g/mol. The SMILES string of the molecule is CCCS(=O)(=O)NCC(C)Oc1ccc(-c2cccc(Cl)c2)cc1. The summed E-state index contributed by atoms with van der Waals surface area (Å²) in [6.07, 6.45) is 0.337. The van der Waals surface area contributed by atoms with Crippen LogP contribution in [0.3, 0.4) is 0 Å². The van der Waals surface area contributed by atoms with Crippen LogP contribution in [0.15, 0.2) is 48.5 Å². The summed E-state index contributed by atoms with van der Waals surface area (Å²) in [6.45, 7) is 3.92. The average Bonchev–Trinajstić information content (AvgIpc) is 2.54. The Kier molecular flexibility index (Phi) is 6.66. The molecule has 0 radical (unpaired) electrons. The molecule has 24 heavy (non-hydrogen) atoms. The maximum atomic E-state index is 11.6. The van der Waals surface area contributed by atoms with E-state index in [1.165, 1.54) is 0 Å². The third-order valence-electron chi connectivity index (χ3n) is 3.41. The van der Waals surface area contributed by atoms with Gasteiger partial charge in [0.1, 0.15) is 11.9 Å². The molecule has 0 saturated heterocycles. The third-order valence-corrected chi connectivity index (χ3v) is 5.20. The van der Waals surface area contributed by atoms with Gasteiger partial charge < -0.3 is 4.74 Å². The fourth-order valence-corrected chi connectivity index (χ4v) is 3.61. The van der Waals surface area contributed by atoms with Crippen LogP contribution in [0.4, 0.5) is 0 Å². The van der Waals surface area contributed by atoms with Crippen LogP contribution in [0.2, 0.25) is 5.02 Å². The summed E-state index contributed by atoms with van der Waals surface area (Å²) < 4.78 is 31.6. The van der Waals surface area contributed by atoms with Crippen LogP contribution in [0.1, 0.15) is 20.3 Å². The molecule has 0 aliphatic carbocycles. The Balaban J connectivity index is 1.94. The van der Waals surface area contributed by atoms with Gasteiger partial charge in [-0.05, 0) is 48.7 Å². The summed E-state index contributed by atoms with van der Waals surface area (Å²) in [5.41, 5.74) is 2.08. The normalized spacial score (nSPS) is 12.8. The quantitative estimate of drug-likeness (QED) is 0.764. The van der Waals surface area contributed by atoms with Crippen molar-refractivity contribution < 1.29 is 13.2 Å². The van der Waals surface area contributed by atoms with Crippen molar-refractivity contribution in [1.29, 1.82) is 0 Å². The Bertz CT molecular complexity index is 760. The van der Waals surface area contributed by atoms with Gasteiger partial charge >= 0.3 is 0 Å². The Labute approximate surface area is 148 Å². The largest absolute Gasteiger partial charge is 0.489 e. The highest BCUT2D eigenvalue weighted by molar-refractivity contribution is 7.89. The minimum Gasteiger partial charge on any atom is -0.489 e. The maximum absolute atomic E-state index is 11.6. The second-order valence-corrected chi connectivity index (χ2v) is 7.99. The first-order valence-corrected chi connectivity index (χ1v) is 9.92. The first-order valence-electron chi connectivity index (χ1n) is 7.89. The predicted molar refractivity (Wildman–Crippen MR) is 99.1 cm³/mol. The van der Waals surface area contributed by atoms with Crippen LogP contribution in [-0.2, 0) is 10.0 Å². The van der Waals surface area contributed by atoms with Gasteiger partial charge in [0.25, 0.3) is 0 Å². The Morgan fingerprint density at radius 2 is 1.83 bits per heavy atom. The van der Waals surface area contributed by atoms with Crippen molar-refractivity contribution >= 4 is 21.6 Å². The molecule has 2 aromatic rings. The molecule has 2 rings (SSSR count). The van der Waals surface area contributed by atoms with E-state index < -0.39 is 10.0 Å². The molecule has 0 spiro atoms. The molecule has 0 heterocycles. The summed E-state index contributed by atoms with van der Waals surface area (Å²) in [6, 6.07) is 15.3. The average molecular weight is 368 g/mol. The van der Waals surface area contributed by atoms with Gasteiger partial charge in [0.2, 0.25) is 10.0 Å². The molecule has 1 N–H and O–H groups in total. The van der Waals surface area contributed by atoms with Gasteiger partial charge in [-0.1, -0.05) is 42.8 Å². The van der Waals surface area contributed by atoms with E-state index in [1.807, 2.05) is 62.4 Å². The van der Waals surface area contributed by atoms with Crippen LogP contribution >= 0.6 is 11.6 Å². The molecule has 6 heteroatoms. The number of hydrogen-bond acceptors (Lipinski definition) is 3. The molecule has 0 saturated carbocycles. The lowest BCUT2D eigenvalue weighted by Gasteiger charge is -2.16. The molecule has 0 aliphatic heterocycles. The van der Waals surface area contributed by atoms with Crippen LogP contribution in [0, 0.1) is 0 Å². The smallest absolute Gasteiger partial charge is 0.211 e. The first-order chi connectivity index (χ1) is 11.4. The molecule has 130 valence electrons. The van der Waals surface area contributed by atoms with E-state index in [2.05, 4.69) is 4.72 Å². The lowest BCUT2D eigenvalue weighted by Crippen LogP contribution is -2.34. The number of nitrogens with one attached hydrogen (secondary N) is 1. The molecule has 0 aromatic heterocycles. The summed E-state index contributed by atoms with van der Waals surface area (Å²) in [4.78, 5) is 0. The van der Waals surface area contributed by atoms with E-state index in [9.17, 15) is 8.42 Å². The van der Waals surface area contributed by atoms with Crippen molar-refractivity contribution in [2.75, 3.05) is 12.3 Å².